The lowest BCUT2D eigenvalue weighted by Gasteiger charge is -2.17. The van der Waals surface area contributed by atoms with E-state index in [1.54, 1.807) is 6.07 Å². The lowest BCUT2D eigenvalue weighted by Crippen LogP contribution is -2.23. The Hall–Kier alpha value is -2.64. The fraction of sp³-hybridized carbons (Fsp3) is 0.263. The van der Waals surface area contributed by atoms with Crippen LogP contribution in [0, 0.1) is 17.2 Å². The van der Waals surface area contributed by atoms with Crippen LogP contribution in [0.1, 0.15) is 22.6 Å². The second-order valence-electron chi connectivity index (χ2n) is 5.93. The zero-order chi connectivity index (χ0) is 16.2. The van der Waals surface area contributed by atoms with E-state index in [2.05, 4.69) is 11.0 Å². The highest BCUT2D eigenvalue weighted by atomic mass is 16.4. The number of aliphatic carboxylic acids is 1. The molecule has 1 heterocycles. The number of nitriles is 1. The molecule has 2 aromatic carbocycles. The predicted octanol–water partition coefficient (Wildman–Crippen LogP) is 2.86. The monoisotopic (exact) mass is 306 g/mol. The van der Waals surface area contributed by atoms with Crippen LogP contribution in [-0.4, -0.2) is 29.1 Å². The zero-order valence-corrected chi connectivity index (χ0v) is 12.7. The molecule has 116 valence electrons. The van der Waals surface area contributed by atoms with Gasteiger partial charge in [0.2, 0.25) is 0 Å². The summed E-state index contributed by atoms with van der Waals surface area (Å²) in [5, 5.41) is 18.9. The van der Waals surface area contributed by atoms with E-state index in [0.29, 0.717) is 18.7 Å². The van der Waals surface area contributed by atoms with E-state index in [-0.39, 0.29) is 5.92 Å². The molecule has 0 aliphatic carbocycles. The van der Waals surface area contributed by atoms with Gasteiger partial charge in [-0.15, -0.1) is 0 Å². The first-order chi connectivity index (χ1) is 11.2. The Morgan fingerprint density at radius 2 is 1.83 bits per heavy atom. The molecule has 0 unspecified atom stereocenters. The molecule has 2 aromatic rings. The van der Waals surface area contributed by atoms with Crippen LogP contribution < -0.4 is 0 Å². The van der Waals surface area contributed by atoms with E-state index in [1.807, 2.05) is 48.5 Å². The van der Waals surface area contributed by atoms with Crippen LogP contribution in [0.15, 0.2) is 54.6 Å². The summed E-state index contributed by atoms with van der Waals surface area (Å²) in [6.07, 6.45) is 0. The molecule has 1 aliphatic rings. The van der Waals surface area contributed by atoms with Gasteiger partial charge in [-0.3, -0.25) is 9.69 Å². The van der Waals surface area contributed by atoms with Crippen LogP contribution in [0.25, 0.3) is 0 Å². The smallest absolute Gasteiger partial charge is 0.308 e. The Balaban J connectivity index is 1.85. The molecule has 4 nitrogen and oxygen atoms in total. The number of hydrogen-bond donors (Lipinski definition) is 1. The van der Waals surface area contributed by atoms with Crippen molar-refractivity contribution in [2.45, 2.75) is 12.5 Å². The van der Waals surface area contributed by atoms with Crippen molar-refractivity contribution in [2.24, 2.45) is 5.92 Å². The summed E-state index contributed by atoms with van der Waals surface area (Å²) in [6, 6.07) is 19.6. The predicted molar refractivity (Wildman–Crippen MR) is 86.7 cm³/mol. The minimum absolute atomic E-state index is 0.146. The first-order valence-electron chi connectivity index (χ1n) is 7.67. The highest BCUT2D eigenvalue weighted by Gasteiger charge is 2.39. The SMILES string of the molecule is N#Cc1ccccc1[C@@H]1CN(Cc2ccccc2)C[C@H]1C(=O)O. The third-order valence-electron chi connectivity index (χ3n) is 4.44. The highest BCUT2D eigenvalue weighted by Crippen LogP contribution is 2.35. The molecule has 0 bridgehead atoms. The van der Waals surface area contributed by atoms with Crippen LogP contribution in [0.3, 0.4) is 0 Å². The van der Waals surface area contributed by atoms with Gasteiger partial charge in [-0.25, -0.2) is 0 Å². The van der Waals surface area contributed by atoms with Gasteiger partial charge in [0.15, 0.2) is 0 Å². The summed E-state index contributed by atoms with van der Waals surface area (Å²) >= 11 is 0. The molecule has 1 N–H and O–H groups in total. The van der Waals surface area contributed by atoms with Crippen LogP contribution in [0.2, 0.25) is 0 Å². The number of rotatable bonds is 4. The molecule has 3 rings (SSSR count). The van der Waals surface area contributed by atoms with Gasteiger partial charge in [-0.2, -0.15) is 5.26 Å². The van der Waals surface area contributed by atoms with Crippen molar-refractivity contribution in [3.63, 3.8) is 0 Å². The average Bonchev–Trinajstić information content (AvgIpc) is 2.99. The molecule has 1 saturated heterocycles. The third kappa shape index (κ3) is 3.25. The third-order valence-corrected chi connectivity index (χ3v) is 4.44. The molecule has 1 fully saturated rings. The van der Waals surface area contributed by atoms with E-state index in [1.165, 1.54) is 5.56 Å². The largest absolute Gasteiger partial charge is 0.481 e. The summed E-state index contributed by atoms with van der Waals surface area (Å²) < 4.78 is 0. The van der Waals surface area contributed by atoms with Crippen LogP contribution in [0.5, 0.6) is 0 Å². The van der Waals surface area contributed by atoms with Gasteiger partial charge in [0.1, 0.15) is 0 Å². The maximum absolute atomic E-state index is 11.7. The summed E-state index contributed by atoms with van der Waals surface area (Å²) in [7, 11) is 0. The Bertz CT molecular complexity index is 737. The van der Waals surface area contributed by atoms with E-state index < -0.39 is 11.9 Å². The molecule has 4 heteroatoms. The summed E-state index contributed by atoms with van der Waals surface area (Å²) in [4.78, 5) is 13.8. The topological polar surface area (TPSA) is 64.3 Å². The number of nitrogens with zero attached hydrogens (tertiary/aromatic N) is 2. The van der Waals surface area contributed by atoms with Gasteiger partial charge in [-0.1, -0.05) is 48.5 Å². The van der Waals surface area contributed by atoms with Crippen molar-refractivity contribution in [1.29, 1.82) is 5.26 Å². The summed E-state index contributed by atoms with van der Waals surface area (Å²) in [6.45, 7) is 1.90. The average molecular weight is 306 g/mol. The van der Waals surface area contributed by atoms with Crippen molar-refractivity contribution in [1.82, 2.24) is 4.90 Å². The van der Waals surface area contributed by atoms with Gasteiger partial charge in [-0.05, 0) is 17.2 Å². The molecule has 0 spiro atoms. The Morgan fingerprint density at radius 1 is 1.13 bits per heavy atom. The quantitative estimate of drug-likeness (QED) is 0.943. The van der Waals surface area contributed by atoms with Crippen molar-refractivity contribution in [3.05, 3.63) is 71.3 Å². The minimum Gasteiger partial charge on any atom is -0.481 e. The van der Waals surface area contributed by atoms with Gasteiger partial charge < -0.3 is 5.11 Å². The van der Waals surface area contributed by atoms with Crippen molar-refractivity contribution in [2.75, 3.05) is 13.1 Å². The number of carboxylic acid groups (broad SMARTS) is 1. The lowest BCUT2D eigenvalue weighted by atomic mass is 9.86. The highest BCUT2D eigenvalue weighted by molar-refractivity contribution is 5.72. The summed E-state index contributed by atoms with van der Waals surface area (Å²) in [5.74, 6) is -1.42. The maximum atomic E-state index is 11.7. The van der Waals surface area contributed by atoms with Crippen LogP contribution in [-0.2, 0) is 11.3 Å². The standard InChI is InChI=1S/C19H18N2O2/c20-10-15-8-4-5-9-16(15)17-12-21(13-18(17)19(22)23)11-14-6-2-1-3-7-14/h1-9,17-18H,11-13H2,(H,22,23)/t17-,18+/m0/s1. The fourth-order valence-corrected chi connectivity index (χ4v) is 3.34. The van der Waals surface area contributed by atoms with Crippen molar-refractivity contribution >= 4 is 5.97 Å². The Kier molecular flexibility index (Phi) is 4.40. The van der Waals surface area contributed by atoms with Crippen LogP contribution in [0.4, 0.5) is 0 Å². The second-order valence-corrected chi connectivity index (χ2v) is 5.93. The normalized spacial score (nSPS) is 21.0. The van der Waals surface area contributed by atoms with Crippen molar-refractivity contribution in [3.8, 4) is 6.07 Å². The summed E-state index contributed by atoms with van der Waals surface area (Å²) in [5.41, 5.74) is 2.59. The molecule has 0 aromatic heterocycles. The van der Waals surface area contributed by atoms with Gasteiger partial charge in [0.05, 0.1) is 17.6 Å². The van der Waals surface area contributed by atoms with E-state index in [9.17, 15) is 15.2 Å². The number of benzene rings is 2. The number of hydrogen-bond acceptors (Lipinski definition) is 3. The number of carboxylic acids is 1. The molecule has 0 amide bonds. The van der Waals surface area contributed by atoms with E-state index >= 15 is 0 Å². The molecular weight excluding hydrogens is 288 g/mol. The van der Waals surface area contributed by atoms with Crippen molar-refractivity contribution < 1.29 is 9.90 Å². The zero-order valence-electron chi connectivity index (χ0n) is 12.7. The Morgan fingerprint density at radius 3 is 2.52 bits per heavy atom. The molecule has 0 saturated carbocycles. The van der Waals surface area contributed by atoms with Crippen LogP contribution >= 0.6 is 0 Å². The maximum Gasteiger partial charge on any atom is 0.308 e. The second kappa shape index (κ2) is 6.64. The molecule has 1 aliphatic heterocycles. The first kappa shape index (κ1) is 15.3. The molecule has 2 atom stereocenters. The van der Waals surface area contributed by atoms with Gasteiger partial charge >= 0.3 is 5.97 Å². The number of likely N-dealkylation sites (tertiary alicyclic amines) is 1. The van der Waals surface area contributed by atoms with Gasteiger partial charge in [0.25, 0.3) is 0 Å². The molecular formula is C19H18N2O2. The van der Waals surface area contributed by atoms with E-state index in [0.717, 1.165) is 12.1 Å². The number of carbonyl (C=O) groups is 1. The fourth-order valence-electron chi connectivity index (χ4n) is 3.34. The molecule has 23 heavy (non-hydrogen) atoms. The Labute approximate surface area is 135 Å². The van der Waals surface area contributed by atoms with E-state index in [4.69, 9.17) is 0 Å². The minimum atomic E-state index is -0.793. The van der Waals surface area contributed by atoms with Gasteiger partial charge in [0, 0.05) is 25.6 Å². The lowest BCUT2D eigenvalue weighted by molar-refractivity contribution is -0.141. The first-order valence-corrected chi connectivity index (χ1v) is 7.67. The molecule has 0 radical (unpaired) electrons.